The second-order valence-electron chi connectivity index (χ2n) is 4.88. The summed E-state index contributed by atoms with van der Waals surface area (Å²) in [6.45, 7) is 1.87. The number of hydrogen-bond acceptors (Lipinski definition) is 2. The molecular weight excluding hydrogens is 286 g/mol. The highest BCUT2D eigenvalue weighted by Crippen LogP contribution is 2.28. The van der Waals surface area contributed by atoms with Gasteiger partial charge in [-0.15, -0.1) is 0 Å². The van der Waals surface area contributed by atoms with Gasteiger partial charge in [-0.25, -0.2) is 4.79 Å². The number of para-hydroxylation sites is 2. The predicted octanol–water partition coefficient (Wildman–Crippen LogP) is 3.48. The molecule has 2 amide bonds. The van der Waals surface area contributed by atoms with Crippen molar-refractivity contribution in [3.8, 4) is 0 Å². The molecule has 3 rings (SSSR count). The standard InChI is InChI=1S/C16H16ClN3O/c17-13-5-3-4-12(10-13)11-19-16(21)20-9-8-18-14-6-1-2-7-15(14)20/h1-7,10,18H,8-9,11H2,(H,19,21). The molecule has 1 aliphatic rings. The van der Waals surface area contributed by atoms with Gasteiger partial charge in [0.2, 0.25) is 0 Å². The number of urea groups is 1. The highest BCUT2D eigenvalue weighted by Gasteiger charge is 2.21. The molecule has 2 aromatic carbocycles. The third-order valence-corrected chi connectivity index (χ3v) is 3.66. The topological polar surface area (TPSA) is 44.4 Å². The van der Waals surface area contributed by atoms with Crippen LogP contribution in [0.1, 0.15) is 5.56 Å². The van der Waals surface area contributed by atoms with Crippen LogP contribution in [0.15, 0.2) is 48.5 Å². The SMILES string of the molecule is O=C(NCc1cccc(Cl)c1)N1CCNc2ccccc21. The van der Waals surface area contributed by atoms with Gasteiger partial charge < -0.3 is 10.6 Å². The smallest absolute Gasteiger partial charge is 0.322 e. The molecule has 21 heavy (non-hydrogen) atoms. The maximum atomic E-state index is 12.4. The van der Waals surface area contributed by atoms with Crippen molar-refractivity contribution in [3.63, 3.8) is 0 Å². The summed E-state index contributed by atoms with van der Waals surface area (Å²) in [7, 11) is 0. The first-order valence-electron chi connectivity index (χ1n) is 6.87. The second kappa shape index (κ2) is 6.06. The van der Waals surface area contributed by atoms with E-state index in [1.165, 1.54) is 0 Å². The minimum absolute atomic E-state index is 0.0936. The fourth-order valence-corrected chi connectivity index (χ4v) is 2.63. The van der Waals surface area contributed by atoms with Crippen molar-refractivity contribution in [1.29, 1.82) is 0 Å². The summed E-state index contributed by atoms with van der Waals surface area (Å²) in [5.74, 6) is 0. The fourth-order valence-electron chi connectivity index (χ4n) is 2.41. The van der Waals surface area contributed by atoms with Crippen LogP contribution in [-0.2, 0) is 6.54 Å². The number of anilines is 2. The van der Waals surface area contributed by atoms with Gasteiger partial charge in [0.05, 0.1) is 11.4 Å². The van der Waals surface area contributed by atoms with E-state index in [1.807, 2.05) is 48.5 Å². The van der Waals surface area contributed by atoms with Gasteiger partial charge in [0.25, 0.3) is 0 Å². The lowest BCUT2D eigenvalue weighted by atomic mass is 10.2. The van der Waals surface area contributed by atoms with Gasteiger partial charge in [0, 0.05) is 24.7 Å². The lowest BCUT2D eigenvalue weighted by Gasteiger charge is -2.30. The van der Waals surface area contributed by atoms with E-state index in [0.717, 1.165) is 23.5 Å². The average molecular weight is 302 g/mol. The number of fused-ring (bicyclic) bond motifs is 1. The zero-order valence-corrected chi connectivity index (χ0v) is 12.2. The zero-order chi connectivity index (χ0) is 14.7. The van der Waals surface area contributed by atoms with Crippen LogP contribution in [0.3, 0.4) is 0 Å². The number of benzene rings is 2. The van der Waals surface area contributed by atoms with Crippen LogP contribution in [0.25, 0.3) is 0 Å². The van der Waals surface area contributed by atoms with Crippen LogP contribution in [0.2, 0.25) is 5.02 Å². The molecule has 0 aromatic heterocycles. The Morgan fingerprint density at radius 3 is 2.95 bits per heavy atom. The molecule has 1 heterocycles. The third kappa shape index (κ3) is 3.11. The van der Waals surface area contributed by atoms with Gasteiger partial charge >= 0.3 is 6.03 Å². The molecule has 0 bridgehead atoms. The van der Waals surface area contributed by atoms with Crippen LogP contribution in [0.5, 0.6) is 0 Å². The van der Waals surface area contributed by atoms with Crippen LogP contribution in [0.4, 0.5) is 16.2 Å². The van der Waals surface area contributed by atoms with E-state index >= 15 is 0 Å². The Morgan fingerprint density at radius 1 is 1.24 bits per heavy atom. The van der Waals surface area contributed by atoms with E-state index in [0.29, 0.717) is 18.1 Å². The molecule has 0 atom stereocenters. The minimum Gasteiger partial charge on any atom is -0.382 e. The maximum absolute atomic E-state index is 12.4. The normalized spacial score (nSPS) is 13.3. The molecule has 1 aliphatic heterocycles. The molecule has 0 fully saturated rings. The van der Waals surface area contributed by atoms with E-state index in [4.69, 9.17) is 11.6 Å². The first-order valence-corrected chi connectivity index (χ1v) is 7.24. The number of carbonyl (C=O) groups is 1. The highest BCUT2D eigenvalue weighted by atomic mass is 35.5. The number of hydrogen-bond donors (Lipinski definition) is 2. The van der Waals surface area contributed by atoms with Gasteiger partial charge in [-0.1, -0.05) is 35.9 Å². The molecule has 0 unspecified atom stereocenters. The Bertz CT molecular complexity index is 659. The molecular formula is C16H16ClN3O. The summed E-state index contributed by atoms with van der Waals surface area (Å²) in [4.78, 5) is 14.1. The number of halogens is 1. The lowest BCUT2D eigenvalue weighted by Crippen LogP contribution is -2.44. The van der Waals surface area contributed by atoms with Crippen LogP contribution < -0.4 is 15.5 Å². The van der Waals surface area contributed by atoms with E-state index < -0.39 is 0 Å². The number of amides is 2. The summed E-state index contributed by atoms with van der Waals surface area (Å²) in [5, 5.41) is 6.90. The minimum atomic E-state index is -0.0936. The first kappa shape index (κ1) is 13.8. The number of rotatable bonds is 2. The van der Waals surface area contributed by atoms with Crippen LogP contribution in [-0.4, -0.2) is 19.1 Å². The summed E-state index contributed by atoms with van der Waals surface area (Å²) >= 11 is 5.94. The van der Waals surface area contributed by atoms with Crippen molar-refractivity contribution in [3.05, 3.63) is 59.1 Å². The van der Waals surface area contributed by atoms with E-state index in [1.54, 1.807) is 4.90 Å². The quantitative estimate of drug-likeness (QED) is 0.892. The van der Waals surface area contributed by atoms with Crippen molar-refractivity contribution in [2.45, 2.75) is 6.54 Å². The Hall–Kier alpha value is -2.20. The van der Waals surface area contributed by atoms with Crippen molar-refractivity contribution in [2.24, 2.45) is 0 Å². The molecule has 5 heteroatoms. The van der Waals surface area contributed by atoms with Gasteiger partial charge in [0.15, 0.2) is 0 Å². The second-order valence-corrected chi connectivity index (χ2v) is 5.32. The summed E-state index contributed by atoms with van der Waals surface area (Å²) < 4.78 is 0. The van der Waals surface area contributed by atoms with Gasteiger partial charge in [0.1, 0.15) is 0 Å². The number of nitrogens with zero attached hydrogens (tertiary/aromatic N) is 1. The third-order valence-electron chi connectivity index (χ3n) is 3.42. The first-order chi connectivity index (χ1) is 10.2. The summed E-state index contributed by atoms with van der Waals surface area (Å²) in [5.41, 5.74) is 2.88. The molecule has 0 aliphatic carbocycles. The van der Waals surface area contributed by atoms with E-state index in [2.05, 4.69) is 10.6 Å². The molecule has 4 nitrogen and oxygen atoms in total. The van der Waals surface area contributed by atoms with Gasteiger partial charge in [-0.3, -0.25) is 4.90 Å². The molecule has 2 aromatic rings. The van der Waals surface area contributed by atoms with Gasteiger partial charge in [-0.05, 0) is 29.8 Å². The Labute approximate surface area is 128 Å². The Kier molecular flexibility index (Phi) is 3.97. The molecule has 0 saturated heterocycles. The predicted molar refractivity (Wildman–Crippen MR) is 86.0 cm³/mol. The van der Waals surface area contributed by atoms with Gasteiger partial charge in [-0.2, -0.15) is 0 Å². The number of nitrogens with one attached hydrogen (secondary N) is 2. The summed E-state index contributed by atoms with van der Waals surface area (Å²) in [6, 6.07) is 15.2. The average Bonchev–Trinajstić information content (AvgIpc) is 2.52. The number of carbonyl (C=O) groups excluding carboxylic acids is 1. The molecule has 108 valence electrons. The Morgan fingerprint density at radius 2 is 2.10 bits per heavy atom. The Balaban J connectivity index is 1.69. The van der Waals surface area contributed by atoms with Crippen molar-refractivity contribution in [1.82, 2.24) is 5.32 Å². The monoisotopic (exact) mass is 301 g/mol. The van der Waals surface area contributed by atoms with E-state index in [9.17, 15) is 4.79 Å². The molecule has 0 saturated carbocycles. The van der Waals surface area contributed by atoms with Crippen molar-refractivity contribution >= 4 is 29.0 Å². The summed E-state index contributed by atoms with van der Waals surface area (Å²) in [6.07, 6.45) is 0. The highest BCUT2D eigenvalue weighted by molar-refractivity contribution is 6.30. The maximum Gasteiger partial charge on any atom is 0.322 e. The zero-order valence-electron chi connectivity index (χ0n) is 11.5. The molecule has 2 N–H and O–H groups in total. The molecule has 0 radical (unpaired) electrons. The molecule has 0 spiro atoms. The van der Waals surface area contributed by atoms with Crippen molar-refractivity contribution < 1.29 is 4.79 Å². The largest absolute Gasteiger partial charge is 0.382 e. The lowest BCUT2D eigenvalue weighted by molar-refractivity contribution is 0.246. The van der Waals surface area contributed by atoms with Crippen LogP contribution in [0, 0.1) is 0 Å². The van der Waals surface area contributed by atoms with E-state index in [-0.39, 0.29) is 6.03 Å². The van der Waals surface area contributed by atoms with Crippen molar-refractivity contribution in [2.75, 3.05) is 23.3 Å². The van der Waals surface area contributed by atoms with Crippen LogP contribution >= 0.6 is 11.6 Å². The fraction of sp³-hybridized carbons (Fsp3) is 0.188.